The molecule has 0 saturated heterocycles. The Labute approximate surface area is 247 Å². The fourth-order valence-electron chi connectivity index (χ4n) is 8.27. The maximum Gasteiger partial charge on any atom is 0.408 e. The zero-order chi connectivity index (χ0) is 28.6. The predicted octanol–water partition coefficient (Wildman–Crippen LogP) is 7.25. The number of carbonyl (C=O) groups excluding carboxylic acids is 1. The molecule has 0 spiro atoms. The van der Waals surface area contributed by atoms with Crippen LogP contribution in [0.4, 0.5) is 11.5 Å². The molecule has 2 heterocycles. The van der Waals surface area contributed by atoms with Crippen molar-refractivity contribution in [2.45, 2.75) is 77.8 Å². The summed E-state index contributed by atoms with van der Waals surface area (Å²) in [7, 11) is 0. The Hall–Kier alpha value is -2.62. The lowest BCUT2D eigenvalue weighted by Crippen LogP contribution is -2.57. The number of halogens is 3. The fourth-order valence-corrected chi connectivity index (χ4v) is 8.78. The SMILES string of the molecule is Cc1nn(Cc2ccc(Cl)c(Cl)c2)c(C)c1NC(=O)CC12CC3CC(C1)CC(n1nc([N+](=O)[O-])c(Cl)c1C)(C3)C2. The number of hydrogen-bond donors (Lipinski definition) is 1. The van der Waals surface area contributed by atoms with Crippen LogP contribution in [0.3, 0.4) is 0 Å². The van der Waals surface area contributed by atoms with E-state index in [1.807, 2.05) is 42.3 Å². The first-order valence-corrected chi connectivity index (χ1v) is 14.7. The van der Waals surface area contributed by atoms with Crippen LogP contribution in [0.5, 0.6) is 0 Å². The summed E-state index contributed by atoms with van der Waals surface area (Å²) >= 11 is 18.6. The molecule has 212 valence electrons. The first kappa shape index (κ1) is 27.5. The monoisotopic (exact) mass is 604 g/mol. The number of rotatable bonds is 7. The minimum Gasteiger partial charge on any atom is -0.358 e. The Morgan fingerprint density at radius 2 is 1.77 bits per heavy atom. The molecule has 4 aliphatic rings. The molecule has 2 atom stereocenters. The van der Waals surface area contributed by atoms with Gasteiger partial charge in [-0.25, -0.2) is 0 Å². The zero-order valence-corrected chi connectivity index (χ0v) is 24.9. The molecule has 4 aliphatic carbocycles. The van der Waals surface area contributed by atoms with E-state index >= 15 is 0 Å². The molecule has 4 fully saturated rings. The summed E-state index contributed by atoms with van der Waals surface area (Å²) in [4.78, 5) is 24.6. The Bertz CT molecular complexity index is 1530. The molecule has 7 rings (SSSR count). The molecule has 40 heavy (non-hydrogen) atoms. The second-order valence-electron chi connectivity index (χ2n) is 12.3. The van der Waals surface area contributed by atoms with Crippen LogP contribution in [0.15, 0.2) is 18.2 Å². The Kier molecular flexibility index (Phi) is 6.71. The van der Waals surface area contributed by atoms with E-state index in [0.717, 1.165) is 61.2 Å². The highest BCUT2D eigenvalue weighted by atomic mass is 35.5. The van der Waals surface area contributed by atoms with Crippen LogP contribution in [-0.2, 0) is 16.9 Å². The molecule has 0 radical (unpaired) electrons. The summed E-state index contributed by atoms with van der Waals surface area (Å²) in [6.45, 7) is 6.16. The van der Waals surface area contributed by atoms with E-state index < -0.39 is 4.92 Å². The van der Waals surface area contributed by atoms with Crippen LogP contribution in [0.1, 0.15) is 67.6 Å². The third-order valence-electron chi connectivity index (χ3n) is 9.30. The van der Waals surface area contributed by atoms with Crippen LogP contribution in [0.25, 0.3) is 0 Å². The van der Waals surface area contributed by atoms with Gasteiger partial charge in [0.05, 0.1) is 50.0 Å². The number of aryl methyl sites for hydroxylation is 1. The molecule has 1 N–H and O–H groups in total. The van der Waals surface area contributed by atoms with Gasteiger partial charge in [-0.15, -0.1) is 0 Å². The smallest absolute Gasteiger partial charge is 0.358 e. The molecule has 0 aliphatic heterocycles. The largest absolute Gasteiger partial charge is 0.408 e. The van der Waals surface area contributed by atoms with E-state index in [0.29, 0.717) is 40.5 Å². The average Bonchev–Trinajstić information content (AvgIpc) is 3.30. The molecule has 2 aromatic heterocycles. The minimum atomic E-state index is -0.512. The number of carbonyl (C=O) groups is 1. The van der Waals surface area contributed by atoms with Gasteiger partial charge >= 0.3 is 5.82 Å². The minimum absolute atomic E-state index is 0.0291. The molecular formula is C28H31Cl3N6O3. The molecule has 1 amide bonds. The highest BCUT2D eigenvalue weighted by molar-refractivity contribution is 6.42. The van der Waals surface area contributed by atoms with Gasteiger partial charge in [-0.1, -0.05) is 40.9 Å². The van der Waals surface area contributed by atoms with E-state index in [4.69, 9.17) is 34.8 Å². The van der Waals surface area contributed by atoms with Crippen molar-refractivity contribution >= 4 is 52.2 Å². The Balaban J connectivity index is 1.22. The summed E-state index contributed by atoms with van der Waals surface area (Å²) in [5, 5.41) is 24.9. The molecule has 9 nitrogen and oxygen atoms in total. The van der Waals surface area contributed by atoms with Crippen molar-refractivity contribution in [3.8, 4) is 0 Å². The standard InChI is InChI=1S/C28H31Cl3N6O3/c1-15-25(17(3)35(33-15)13-18-4-5-21(29)22(30)7-18)32-23(38)12-27-8-19-6-20(9-27)11-28(10-19,14-27)36-16(2)24(31)26(34-36)37(39)40/h4-5,7,19-20H,6,8-14H2,1-3H3,(H,32,38). The Morgan fingerprint density at radius 1 is 1.07 bits per heavy atom. The number of hydrogen-bond acceptors (Lipinski definition) is 5. The lowest BCUT2D eigenvalue weighted by molar-refractivity contribution is -0.389. The zero-order valence-electron chi connectivity index (χ0n) is 22.6. The molecule has 1 aromatic carbocycles. The number of nitro groups is 1. The summed E-state index contributed by atoms with van der Waals surface area (Å²) in [6.07, 6.45) is 6.12. The van der Waals surface area contributed by atoms with E-state index in [-0.39, 0.29) is 27.7 Å². The number of nitrogens with one attached hydrogen (secondary N) is 1. The first-order valence-electron chi connectivity index (χ1n) is 13.6. The van der Waals surface area contributed by atoms with Crippen LogP contribution in [0.2, 0.25) is 15.1 Å². The summed E-state index contributed by atoms with van der Waals surface area (Å²) in [5.41, 5.74) is 3.43. The quantitative estimate of drug-likeness (QED) is 0.225. The Morgan fingerprint density at radius 3 is 2.40 bits per heavy atom. The highest BCUT2D eigenvalue weighted by Gasteiger charge is 2.61. The van der Waals surface area contributed by atoms with E-state index in [9.17, 15) is 14.9 Å². The van der Waals surface area contributed by atoms with E-state index in [2.05, 4.69) is 15.5 Å². The average molecular weight is 606 g/mol. The van der Waals surface area contributed by atoms with E-state index in [1.54, 1.807) is 6.07 Å². The third-order valence-corrected chi connectivity index (χ3v) is 10.5. The van der Waals surface area contributed by atoms with Gasteiger partial charge in [-0.05, 0) is 99.2 Å². The maximum atomic E-state index is 13.6. The van der Waals surface area contributed by atoms with Crippen LogP contribution in [0, 0.1) is 48.1 Å². The number of aromatic nitrogens is 4. The van der Waals surface area contributed by atoms with Crippen LogP contribution in [-0.4, -0.2) is 30.4 Å². The number of amides is 1. The molecule has 2 unspecified atom stereocenters. The topological polar surface area (TPSA) is 108 Å². The lowest BCUT2D eigenvalue weighted by Gasteiger charge is -2.61. The van der Waals surface area contributed by atoms with Crippen molar-refractivity contribution < 1.29 is 9.72 Å². The van der Waals surface area contributed by atoms with Gasteiger partial charge in [0.15, 0.2) is 5.02 Å². The second kappa shape index (κ2) is 9.74. The number of nitrogens with zero attached hydrogens (tertiary/aromatic N) is 5. The molecule has 3 aromatic rings. The maximum absolute atomic E-state index is 13.6. The third kappa shape index (κ3) is 4.60. The molecule has 4 saturated carbocycles. The van der Waals surface area contributed by atoms with Crippen molar-refractivity contribution in [1.82, 2.24) is 19.6 Å². The number of benzene rings is 1. The lowest BCUT2D eigenvalue weighted by atomic mass is 9.46. The predicted molar refractivity (Wildman–Crippen MR) is 154 cm³/mol. The van der Waals surface area contributed by atoms with Crippen molar-refractivity contribution in [3.05, 3.63) is 66.0 Å². The molecule has 4 bridgehead atoms. The van der Waals surface area contributed by atoms with Crippen molar-refractivity contribution in [3.63, 3.8) is 0 Å². The van der Waals surface area contributed by atoms with Gasteiger partial charge in [-0.2, -0.15) is 9.78 Å². The summed E-state index contributed by atoms with van der Waals surface area (Å²) < 4.78 is 3.69. The highest BCUT2D eigenvalue weighted by Crippen LogP contribution is 2.65. The summed E-state index contributed by atoms with van der Waals surface area (Å²) in [5.74, 6) is 0.616. The second-order valence-corrected chi connectivity index (χ2v) is 13.4. The first-order chi connectivity index (χ1) is 18.9. The molecular weight excluding hydrogens is 575 g/mol. The van der Waals surface area contributed by atoms with Gasteiger partial charge in [0.1, 0.15) is 0 Å². The van der Waals surface area contributed by atoms with Crippen molar-refractivity contribution in [2.75, 3.05) is 5.32 Å². The fraction of sp³-hybridized carbons (Fsp3) is 0.536. The van der Waals surface area contributed by atoms with Crippen molar-refractivity contribution in [1.29, 1.82) is 0 Å². The normalized spacial score (nSPS) is 26.9. The van der Waals surface area contributed by atoms with Gasteiger partial charge in [0.25, 0.3) is 0 Å². The van der Waals surface area contributed by atoms with Crippen molar-refractivity contribution in [2.24, 2.45) is 17.3 Å². The van der Waals surface area contributed by atoms with Crippen LogP contribution >= 0.6 is 34.8 Å². The summed E-state index contributed by atoms with van der Waals surface area (Å²) in [6, 6.07) is 5.50. The van der Waals surface area contributed by atoms with Gasteiger partial charge in [0.2, 0.25) is 5.91 Å². The van der Waals surface area contributed by atoms with Crippen LogP contribution < -0.4 is 5.32 Å². The molecule has 12 heteroatoms. The van der Waals surface area contributed by atoms with Gasteiger partial charge in [0, 0.05) is 6.42 Å². The van der Waals surface area contributed by atoms with Gasteiger partial charge in [-0.3, -0.25) is 9.48 Å². The number of anilines is 1. The van der Waals surface area contributed by atoms with Gasteiger partial charge < -0.3 is 15.4 Å². The van der Waals surface area contributed by atoms with E-state index in [1.165, 1.54) is 0 Å².